The third kappa shape index (κ3) is 6.09. The van der Waals surface area contributed by atoms with E-state index < -0.39 is 0 Å². The first-order chi connectivity index (χ1) is 13.6. The fraction of sp³-hybridized carbons (Fsp3) is 0.300. The van der Waals surface area contributed by atoms with Gasteiger partial charge in [-0.3, -0.25) is 15.6 Å². The van der Waals surface area contributed by atoms with Crippen molar-refractivity contribution in [3.05, 3.63) is 59.6 Å². The van der Waals surface area contributed by atoms with Crippen molar-refractivity contribution in [3.63, 3.8) is 0 Å². The molecule has 6 nitrogen and oxygen atoms in total. The van der Waals surface area contributed by atoms with Gasteiger partial charge in [-0.15, -0.1) is 0 Å². The number of anilines is 2. The highest BCUT2D eigenvalue weighted by Crippen LogP contribution is 2.20. The number of halogens is 1. The second-order valence-electron chi connectivity index (χ2n) is 6.68. The summed E-state index contributed by atoms with van der Waals surface area (Å²) in [5, 5.41) is 3.82. The molecule has 1 heterocycles. The summed E-state index contributed by atoms with van der Waals surface area (Å²) in [6, 6.07) is 17.7. The maximum atomic E-state index is 12.1. The third-order valence-corrected chi connectivity index (χ3v) is 5.27. The Labute approximate surface area is 175 Å². The Bertz CT molecular complexity index is 796. The topological polar surface area (TPSA) is 60.8 Å². The summed E-state index contributed by atoms with van der Waals surface area (Å²) in [4.78, 5) is 15.9. The van der Waals surface area contributed by atoms with E-state index in [1.54, 1.807) is 6.07 Å². The van der Waals surface area contributed by atoms with Crippen molar-refractivity contribution in [1.29, 1.82) is 0 Å². The summed E-state index contributed by atoms with van der Waals surface area (Å²) in [5.74, 6) is -0.0821. The summed E-state index contributed by atoms with van der Waals surface area (Å²) < 4.78 is 0. The molecule has 0 saturated carbocycles. The van der Waals surface area contributed by atoms with Crippen LogP contribution in [0.3, 0.4) is 0 Å². The Morgan fingerprint density at radius 1 is 1.04 bits per heavy atom. The van der Waals surface area contributed by atoms with E-state index in [1.807, 2.05) is 24.3 Å². The van der Waals surface area contributed by atoms with Crippen LogP contribution in [0.4, 0.5) is 11.4 Å². The number of para-hydroxylation sites is 2. The highest BCUT2D eigenvalue weighted by atomic mass is 35.5. The lowest BCUT2D eigenvalue weighted by Gasteiger charge is -2.33. The number of nitrogens with one attached hydrogen (secondary N) is 4. The van der Waals surface area contributed by atoms with Gasteiger partial charge in [0.2, 0.25) is 5.91 Å². The monoisotopic (exact) mass is 418 g/mol. The molecule has 0 atom stereocenters. The van der Waals surface area contributed by atoms with E-state index in [0.717, 1.165) is 32.7 Å². The fourth-order valence-corrected chi connectivity index (χ4v) is 3.51. The molecule has 8 heteroatoms. The number of carbonyl (C=O) groups is 1. The number of rotatable bonds is 5. The minimum Gasteiger partial charge on any atom is -0.360 e. The molecule has 1 fully saturated rings. The van der Waals surface area contributed by atoms with E-state index in [2.05, 4.69) is 45.3 Å². The van der Waals surface area contributed by atoms with Gasteiger partial charge >= 0.3 is 0 Å². The Balaban J connectivity index is 1.33. The zero-order chi connectivity index (χ0) is 19.8. The number of hydrogen-bond acceptors (Lipinski definition) is 3. The van der Waals surface area contributed by atoms with Crippen molar-refractivity contribution in [3.8, 4) is 0 Å². The van der Waals surface area contributed by atoms with E-state index >= 15 is 0 Å². The van der Waals surface area contributed by atoms with Crippen LogP contribution in [0.25, 0.3) is 0 Å². The molecule has 4 N–H and O–H groups in total. The lowest BCUT2D eigenvalue weighted by molar-refractivity contribution is -0.900. The Morgan fingerprint density at radius 2 is 1.71 bits per heavy atom. The number of nitrogens with zero attached hydrogens (tertiary/aromatic N) is 1. The second kappa shape index (κ2) is 10.3. The van der Waals surface area contributed by atoms with Crippen molar-refractivity contribution in [2.24, 2.45) is 0 Å². The molecular weight excluding hydrogens is 394 g/mol. The minimum absolute atomic E-state index is 0.0821. The molecule has 2 aromatic carbocycles. The zero-order valence-corrected chi connectivity index (χ0v) is 17.2. The fourth-order valence-electron chi connectivity index (χ4n) is 3.17. The van der Waals surface area contributed by atoms with Gasteiger partial charge in [0.1, 0.15) is 0 Å². The molecule has 28 heavy (non-hydrogen) atoms. The summed E-state index contributed by atoms with van der Waals surface area (Å²) >= 11 is 11.2. The molecule has 0 aromatic heterocycles. The van der Waals surface area contributed by atoms with E-state index in [0.29, 0.717) is 22.2 Å². The largest absolute Gasteiger partial charge is 0.360 e. The van der Waals surface area contributed by atoms with Crippen LogP contribution in [0.2, 0.25) is 5.02 Å². The summed E-state index contributed by atoms with van der Waals surface area (Å²) in [6.45, 7) is 4.88. The quantitative estimate of drug-likeness (QED) is 0.437. The lowest BCUT2D eigenvalue weighted by atomic mass is 10.2. The molecule has 0 bridgehead atoms. The Hall–Kier alpha value is -2.35. The normalized spacial score (nSPS) is 14.4. The van der Waals surface area contributed by atoms with Gasteiger partial charge in [-0.25, -0.2) is 0 Å². The molecule has 0 spiro atoms. The number of thiocarbonyl (C=S) groups is 1. The molecular formula is C20H25ClN5OS+. The van der Waals surface area contributed by atoms with Gasteiger partial charge in [0.05, 0.1) is 49.9 Å². The summed E-state index contributed by atoms with van der Waals surface area (Å²) in [5.41, 5.74) is 7.31. The molecule has 0 radical (unpaired) electrons. The molecule has 0 aliphatic carbocycles. The number of piperazine rings is 1. The van der Waals surface area contributed by atoms with Crippen molar-refractivity contribution < 1.29 is 9.69 Å². The van der Waals surface area contributed by atoms with E-state index in [-0.39, 0.29) is 5.91 Å². The lowest BCUT2D eigenvalue weighted by Crippen LogP contribution is -3.15. The average Bonchev–Trinajstić information content (AvgIpc) is 2.73. The van der Waals surface area contributed by atoms with Gasteiger partial charge in [0, 0.05) is 5.69 Å². The van der Waals surface area contributed by atoms with Gasteiger partial charge in [0.15, 0.2) is 5.11 Å². The molecule has 1 saturated heterocycles. The predicted octanol–water partition coefficient (Wildman–Crippen LogP) is 1.45. The molecule has 3 rings (SSSR count). The van der Waals surface area contributed by atoms with E-state index in [1.165, 1.54) is 10.6 Å². The standard InChI is InChI=1S/C20H24ClN5OS/c21-17-8-4-5-9-18(17)22-20(28)24-23-19(27)10-11-25-12-14-26(15-13-25)16-6-2-1-3-7-16/h1-9H,10-15H2,(H,23,27)(H2,22,24,28)/p+1. The number of amides is 1. The van der Waals surface area contributed by atoms with Gasteiger partial charge in [-0.05, 0) is 36.5 Å². The Kier molecular flexibility index (Phi) is 7.47. The highest BCUT2D eigenvalue weighted by Gasteiger charge is 2.20. The van der Waals surface area contributed by atoms with Crippen molar-refractivity contribution in [1.82, 2.24) is 10.9 Å². The van der Waals surface area contributed by atoms with Crippen molar-refractivity contribution >= 4 is 46.2 Å². The minimum atomic E-state index is -0.0821. The smallest absolute Gasteiger partial charge is 0.244 e. The zero-order valence-electron chi connectivity index (χ0n) is 15.6. The number of hydrazine groups is 1. The van der Waals surface area contributed by atoms with Crippen LogP contribution < -0.4 is 26.0 Å². The number of carbonyl (C=O) groups excluding carboxylic acids is 1. The van der Waals surface area contributed by atoms with E-state index in [9.17, 15) is 4.79 Å². The molecule has 1 aliphatic rings. The van der Waals surface area contributed by atoms with Crippen LogP contribution in [-0.2, 0) is 4.79 Å². The number of benzene rings is 2. The second-order valence-corrected chi connectivity index (χ2v) is 7.50. The average molecular weight is 419 g/mol. The van der Waals surface area contributed by atoms with Gasteiger partial charge in [0.25, 0.3) is 0 Å². The maximum Gasteiger partial charge on any atom is 0.244 e. The number of hydrogen-bond donors (Lipinski definition) is 4. The maximum absolute atomic E-state index is 12.1. The SMILES string of the molecule is O=C(CC[NH+]1CCN(c2ccccc2)CC1)NNC(=S)Nc1ccccc1Cl. The molecule has 0 unspecified atom stereocenters. The first-order valence-corrected chi connectivity index (χ1v) is 10.1. The van der Waals surface area contributed by atoms with Crippen LogP contribution in [-0.4, -0.2) is 43.7 Å². The summed E-state index contributed by atoms with van der Waals surface area (Å²) in [6.07, 6.45) is 0.447. The van der Waals surface area contributed by atoms with E-state index in [4.69, 9.17) is 23.8 Å². The predicted molar refractivity (Wildman–Crippen MR) is 118 cm³/mol. The first kappa shape index (κ1) is 20.4. The first-order valence-electron chi connectivity index (χ1n) is 9.36. The summed E-state index contributed by atoms with van der Waals surface area (Å²) in [7, 11) is 0. The molecule has 148 valence electrons. The van der Waals surface area contributed by atoms with Crippen LogP contribution in [0, 0.1) is 0 Å². The Morgan fingerprint density at radius 3 is 2.43 bits per heavy atom. The van der Waals surface area contributed by atoms with Gasteiger partial charge < -0.3 is 15.1 Å². The molecule has 2 aromatic rings. The number of quaternary nitrogens is 1. The van der Waals surface area contributed by atoms with Crippen LogP contribution in [0.5, 0.6) is 0 Å². The van der Waals surface area contributed by atoms with Gasteiger partial charge in [-0.2, -0.15) is 0 Å². The van der Waals surface area contributed by atoms with Gasteiger partial charge in [-0.1, -0.05) is 41.9 Å². The van der Waals surface area contributed by atoms with Crippen LogP contribution in [0.15, 0.2) is 54.6 Å². The van der Waals surface area contributed by atoms with Crippen molar-refractivity contribution in [2.45, 2.75) is 6.42 Å². The molecule has 1 aliphatic heterocycles. The van der Waals surface area contributed by atoms with Crippen molar-refractivity contribution in [2.75, 3.05) is 42.9 Å². The van der Waals surface area contributed by atoms with Crippen LogP contribution in [0.1, 0.15) is 6.42 Å². The third-order valence-electron chi connectivity index (χ3n) is 4.74. The highest BCUT2D eigenvalue weighted by molar-refractivity contribution is 7.80. The van der Waals surface area contributed by atoms with Crippen LogP contribution >= 0.6 is 23.8 Å². The molecule has 1 amide bonds.